The van der Waals surface area contributed by atoms with Crippen molar-refractivity contribution in [2.75, 3.05) is 24.6 Å². The normalized spacial score (nSPS) is 10.5. The summed E-state index contributed by atoms with van der Waals surface area (Å²) in [5, 5.41) is 29.0. The van der Waals surface area contributed by atoms with Crippen molar-refractivity contribution >= 4 is 50.5 Å². The molecule has 1 heterocycles. The van der Waals surface area contributed by atoms with E-state index >= 15 is 0 Å². The minimum Gasteiger partial charge on any atom is -0.483 e. The molecular weight excluding hydrogens is 442 g/mol. The van der Waals surface area contributed by atoms with E-state index in [1.807, 2.05) is 4.90 Å². The Morgan fingerprint density at radius 2 is 1.81 bits per heavy atom. The van der Waals surface area contributed by atoms with Crippen LogP contribution in [-0.2, 0) is 9.59 Å². The Labute approximate surface area is 185 Å². The van der Waals surface area contributed by atoms with Crippen molar-refractivity contribution in [1.29, 1.82) is 0 Å². The molecule has 0 aliphatic rings. The second-order valence-corrected chi connectivity index (χ2v) is 7.01. The first-order valence-corrected chi connectivity index (χ1v) is 9.68. The SMILES string of the molecule is C=CCN(CC=C)c1ccc(N=Nc2sc([N+](=O)[O-])cc2[N+](=O)[O-])c(OCC(=O)C=O)c1. The van der Waals surface area contributed by atoms with Crippen LogP contribution in [0.15, 0.2) is 59.8 Å². The summed E-state index contributed by atoms with van der Waals surface area (Å²) in [5.74, 6) is -0.731. The molecule has 0 radical (unpaired) electrons. The molecule has 0 fully saturated rings. The molecule has 0 bridgehead atoms. The van der Waals surface area contributed by atoms with E-state index in [2.05, 4.69) is 23.4 Å². The lowest BCUT2D eigenvalue weighted by Gasteiger charge is -2.22. The molecule has 0 unspecified atom stereocenters. The second kappa shape index (κ2) is 11.2. The number of carbonyl (C=O) groups is 2. The number of ether oxygens (including phenoxy) is 1. The zero-order valence-electron chi connectivity index (χ0n) is 16.6. The van der Waals surface area contributed by atoms with Crippen LogP contribution in [0.1, 0.15) is 0 Å². The number of rotatable bonds is 13. The van der Waals surface area contributed by atoms with Crippen LogP contribution in [-0.4, -0.2) is 41.6 Å². The van der Waals surface area contributed by atoms with Gasteiger partial charge in [-0.2, -0.15) is 0 Å². The first kappa shape index (κ1) is 24.0. The first-order chi connectivity index (χ1) is 15.3. The summed E-state index contributed by atoms with van der Waals surface area (Å²) in [5.41, 5.74) is 0.189. The molecule has 0 N–H and O–H groups in total. The van der Waals surface area contributed by atoms with Gasteiger partial charge < -0.3 is 9.64 Å². The molecule has 0 spiro atoms. The van der Waals surface area contributed by atoms with Crippen molar-refractivity contribution < 1.29 is 24.2 Å². The van der Waals surface area contributed by atoms with Crippen LogP contribution in [0, 0.1) is 20.2 Å². The minimum absolute atomic E-state index is 0.0771. The molecule has 13 heteroatoms. The number of carbonyl (C=O) groups excluding carboxylic acids is 2. The average Bonchev–Trinajstić information content (AvgIpc) is 3.21. The van der Waals surface area contributed by atoms with Crippen LogP contribution >= 0.6 is 11.3 Å². The molecular formula is C19H17N5O7S. The number of benzene rings is 1. The maximum absolute atomic E-state index is 11.4. The Hall–Kier alpha value is -4.26. The minimum atomic E-state index is -0.808. The highest BCUT2D eigenvalue weighted by molar-refractivity contribution is 7.19. The van der Waals surface area contributed by atoms with Gasteiger partial charge in [0.2, 0.25) is 10.8 Å². The van der Waals surface area contributed by atoms with Gasteiger partial charge >= 0.3 is 10.7 Å². The molecule has 2 aromatic rings. The Morgan fingerprint density at radius 3 is 2.38 bits per heavy atom. The molecule has 1 aromatic heterocycles. The van der Waals surface area contributed by atoms with Crippen LogP contribution in [0.25, 0.3) is 0 Å². The van der Waals surface area contributed by atoms with Gasteiger partial charge in [0, 0.05) is 24.8 Å². The number of aldehydes is 1. The lowest BCUT2D eigenvalue weighted by Crippen LogP contribution is -2.23. The molecule has 0 atom stereocenters. The predicted octanol–water partition coefficient (Wildman–Crippen LogP) is 4.31. The molecule has 0 aliphatic carbocycles. The smallest absolute Gasteiger partial charge is 0.333 e. The fraction of sp³-hybridized carbons (Fsp3) is 0.158. The van der Waals surface area contributed by atoms with Crippen molar-refractivity contribution in [2.24, 2.45) is 10.2 Å². The summed E-state index contributed by atoms with van der Waals surface area (Å²) in [6.07, 6.45) is 3.47. The third-order valence-corrected chi connectivity index (χ3v) is 4.77. The van der Waals surface area contributed by atoms with E-state index in [4.69, 9.17) is 4.74 Å². The van der Waals surface area contributed by atoms with Crippen LogP contribution in [0.2, 0.25) is 0 Å². The monoisotopic (exact) mass is 459 g/mol. The number of nitrogens with zero attached hydrogens (tertiary/aromatic N) is 5. The van der Waals surface area contributed by atoms with Crippen molar-refractivity contribution in [1.82, 2.24) is 0 Å². The average molecular weight is 459 g/mol. The van der Waals surface area contributed by atoms with Gasteiger partial charge in [-0.1, -0.05) is 12.2 Å². The number of Topliss-reactive ketones (excluding diaryl/α,β-unsaturated/α-hetero) is 1. The fourth-order valence-electron chi connectivity index (χ4n) is 2.43. The van der Waals surface area contributed by atoms with Crippen molar-refractivity contribution in [3.05, 3.63) is 69.8 Å². The number of azo groups is 1. The Morgan fingerprint density at radius 1 is 1.12 bits per heavy atom. The van der Waals surface area contributed by atoms with Crippen molar-refractivity contribution in [2.45, 2.75) is 0 Å². The van der Waals surface area contributed by atoms with Gasteiger partial charge in [-0.25, -0.2) is 0 Å². The summed E-state index contributed by atoms with van der Waals surface area (Å²) in [7, 11) is 0. The van der Waals surface area contributed by atoms with Gasteiger partial charge in [-0.3, -0.25) is 29.8 Å². The molecule has 0 saturated heterocycles. The van der Waals surface area contributed by atoms with Gasteiger partial charge in [-0.15, -0.1) is 23.4 Å². The molecule has 2 rings (SSSR count). The van der Waals surface area contributed by atoms with Crippen LogP contribution in [0.4, 0.5) is 27.1 Å². The van der Waals surface area contributed by atoms with Crippen LogP contribution in [0.3, 0.4) is 0 Å². The quantitative estimate of drug-likeness (QED) is 0.107. The standard InChI is InChI=1S/C19H17N5O7S/c1-3-7-22(8-4-2)13-5-6-15(17(9-13)31-12-14(26)11-25)20-21-19-16(23(27)28)10-18(32-19)24(29)30/h3-6,9-11H,1-2,7-8,12H2. The van der Waals surface area contributed by atoms with E-state index < -0.39 is 32.9 Å². The third-order valence-electron chi connectivity index (χ3n) is 3.81. The molecule has 166 valence electrons. The van der Waals surface area contributed by atoms with E-state index in [-0.39, 0.29) is 22.7 Å². The Bertz CT molecular complexity index is 1090. The summed E-state index contributed by atoms with van der Waals surface area (Å²) in [6, 6.07) is 5.50. The Kier molecular flexibility index (Phi) is 8.42. The zero-order valence-corrected chi connectivity index (χ0v) is 17.4. The lowest BCUT2D eigenvalue weighted by molar-refractivity contribution is -0.389. The van der Waals surface area contributed by atoms with Crippen molar-refractivity contribution in [3.8, 4) is 5.75 Å². The largest absolute Gasteiger partial charge is 0.483 e. The summed E-state index contributed by atoms with van der Waals surface area (Å²) in [6.45, 7) is 7.79. The summed E-state index contributed by atoms with van der Waals surface area (Å²) < 4.78 is 5.39. The highest BCUT2D eigenvalue weighted by Crippen LogP contribution is 2.43. The van der Waals surface area contributed by atoms with E-state index in [0.29, 0.717) is 30.1 Å². The van der Waals surface area contributed by atoms with Gasteiger partial charge in [0.25, 0.3) is 0 Å². The molecule has 0 saturated carbocycles. The number of hydrogen-bond donors (Lipinski definition) is 0. The molecule has 0 amide bonds. The highest BCUT2D eigenvalue weighted by atomic mass is 32.1. The topological polar surface area (TPSA) is 158 Å². The number of ketones is 1. The molecule has 0 aliphatic heterocycles. The zero-order chi connectivity index (χ0) is 23.7. The van der Waals surface area contributed by atoms with Gasteiger partial charge in [0.15, 0.2) is 12.9 Å². The fourth-order valence-corrected chi connectivity index (χ4v) is 3.19. The van der Waals surface area contributed by atoms with Crippen molar-refractivity contribution in [3.63, 3.8) is 0 Å². The van der Waals surface area contributed by atoms with Gasteiger partial charge in [-0.05, 0) is 23.5 Å². The van der Waals surface area contributed by atoms with Crippen LogP contribution in [0.5, 0.6) is 5.75 Å². The molecule has 12 nitrogen and oxygen atoms in total. The maximum atomic E-state index is 11.4. The third kappa shape index (κ3) is 6.12. The second-order valence-electron chi connectivity index (χ2n) is 6.00. The summed E-state index contributed by atoms with van der Waals surface area (Å²) >= 11 is 0.491. The molecule has 1 aromatic carbocycles. The van der Waals surface area contributed by atoms with E-state index in [0.717, 1.165) is 6.07 Å². The lowest BCUT2D eigenvalue weighted by atomic mass is 10.2. The van der Waals surface area contributed by atoms with Crippen LogP contribution < -0.4 is 9.64 Å². The maximum Gasteiger partial charge on any atom is 0.333 e. The van der Waals surface area contributed by atoms with Gasteiger partial charge in [0.05, 0.1) is 9.85 Å². The highest BCUT2D eigenvalue weighted by Gasteiger charge is 2.25. The number of nitro groups is 2. The number of anilines is 1. The number of thiophene rings is 1. The molecule has 32 heavy (non-hydrogen) atoms. The summed E-state index contributed by atoms with van der Waals surface area (Å²) in [4.78, 5) is 44.4. The van der Waals surface area contributed by atoms with E-state index in [9.17, 15) is 29.8 Å². The van der Waals surface area contributed by atoms with E-state index in [1.165, 1.54) is 6.07 Å². The van der Waals surface area contributed by atoms with Gasteiger partial charge in [0.1, 0.15) is 17.5 Å². The number of hydrogen-bond acceptors (Lipinski definition) is 11. The predicted molar refractivity (Wildman–Crippen MR) is 117 cm³/mol. The first-order valence-electron chi connectivity index (χ1n) is 8.86. The van der Waals surface area contributed by atoms with E-state index in [1.54, 1.807) is 24.3 Å². The Balaban J connectivity index is 2.47.